The summed E-state index contributed by atoms with van der Waals surface area (Å²) in [6, 6.07) is 8.23. The lowest BCUT2D eigenvalue weighted by atomic mass is 9.80. The normalized spacial score (nSPS) is 24.5. The van der Waals surface area contributed by atoms with Crippen molar-refractivity contribution in [1.29, 1.82) is 0 Å². The van der Waals surface area contributed by atoms with Gasteiger partial charge in [-0.3, -0.25) is 14.5 Å². The number of carbonyl (C=O) groups is 2. The van der Waals surface area contributed by atoms with Crippen molar-refractivity contribution < 1.29 is 14.3 Å². The van der Waals surface area contributed by atoms with Gasteiger partial charge in [0.15, 0.2) is 0 Å². The average molecular weight is 389 g/mol. The number of amides is 2. The van der Waals surface area contributed by atoms with Crippen molar-refractivity contribution in [1.82, 2.24) is 20.0 Å². The van der Waals surface area contributed by atoms with Crippen molar-refractivity contribution in [3.63, 3.8) is 0 Å². The minimum atomic E-state index is -0.166. The lowest BCUT2D eigenvalue weighted by Gasteiger charge is -2.32. The summed E-state index contributed by atoms with van der Waals surface area (Å²) in [4.78, 5) is 30.3. The molecule has 2 saturated heterocycles. The van der Waals surface area contributed by atoms with Crippen LogP contribution in [0.4, 0.5) is 0 Å². The maximum atomic E-state index is 12.5. The molecule has 28 heavy (non-hydrogen) atoms. The SMILES string of the molecule is COc1cccc(CN2C[C@H]3CN(C(=O)CNC(C)=O)C[C@@]3(CN(C)C)C2)c1. The molecular weight excluding hydrogens is 356 g/mol. The molecule has 0 spiro atoms. The Labute approximate surface area is 167 Å². The van der Waals surface area contributed by atoms with E-state index < -0.39 is 0 Å². The first-order chi connectivity index (χ1) is 13.3. The summed E-state index contributed by atoms with van der Waals surface area (Å²) in [5.41, 5.74) is 1.33. The van der Waals surface area contributed by atoms with E-state index in [2.05, 4.69) is 41.3 Å². The number of nitrogens with zero attached hydrogens (tertiary/aromatic N) is 3. The molecule has 7 heteroatoms. The Kier molecular flexibility index (Phi) is 6.25. The van der Waals surface area contributed by atoms with Crippen LogP contribution in [-0.2, 0) is 16.1 Å². The fourth-order valence-electron chi connectivity index (χ4n) is 4.80. The predicted octanol–water partition coefficient (Wildman–Crippen LogP) is 0.653. The summed E-state index contributed by atoms with van der Waals surface area (Å²) in [5, 5.41) is 2.63. The molecule has 0 aliphatic carbocycles. The molecule has 0 radical (unpaired) electrons. The number of fused-ring (bicyclic) bond motifs is 1. The number of carbonyl (C=O) groups excluding carboxylic acids is 2. The summed E-state index contributed by atoms with van der Waals surface area (Å²) in [6.45, 7) is 6.85. The average Bonchev–Trinajstić information content (AvgIpc) is 3.12. The number of ether oxygens (including phenoxy) is 1. The van der Waals surface area contributed by atoms with Gasteiger partial charge < -0.3 is 19.9 Å². The summed E-state index contributed by atoms with van der Waals surface area (Å²) in [6.07, 6.45) is 0. The topological polar surface area (TPSA) is 65.1 Å². The van der Waals surface area contributed by atoms with E-state index in [0.29, 0.717) is 5.92 Å². The number of nitrogens with one attached hydrogen (secondary N) is 1. The maximum Gasteiger partial charge on any atom is 0.241 e. The Bertz CT molecular complexity index is 723. The van der Waals surface area contributed by atoms with Crippen molar-refractivity contribution in [3.05, 3.63) is 29.8 Å². The van der Waals surface area contributed by atoms with Gasteiger partial charge in [0.2, 0.25) is 11.8 Å². The molecule has 1 N–H and O–H groups in total. The van der Waals surface area contributed by atoms with E-state index in [-0.39, 0.29) is 23.8 Å². The molecule has 0 unspecified atom stereocenters. The van der Waals surface area contributed by atoms with E-state index in [4.69, 9.17) is 4.74 Å². The van der Waals surface area contributed by atoms with Crippen LogP contribution in [-0.4, -0.2) is 87.0 Å². The highest BCUT2D eigenvalue weighted by Gasteiger charge is 2.53. The minimum Gasteiger partial charge on any atom is -0.497 e. The largest absolute Gasteiger partial charge is 0.497 e. The molecule has 2 fully saturated rings. The Balaban J connectivity index is 1.67. The second kappa shape index (κ2) is 8.49. The highest BCUT2D eigenvalue weighted by molar-refractivity contribution is 5.84. The van der Waals surface area contributed by atoms with Crippen molar-refractivity contribution in [2.24, 2.45) is 11.3 Å². The van der Waals surface area contributed by atoms with Crippen LogP contribution in [0.1, 0.15) is 12.5 Å². The third-order valence-electron chi connectivity index (χ3n) is 5.84. The zero-order valence-electron chi connectivity index (χ0n) is 17.4. The van der Waals surface area contributed by atoms with E-state index >= 15 is 0 Å². The second-order valence-corrected chi connectivity index (χ2v) is 8.50. The van der Waals surface area contributed by atoms with Crippen molar-refractivity contribution in [2.45, 2.75) is 13.5 Å². The third-order valence-corrected chi connectivity index (χ3v) is 5.84. The van der Waals surface area contributed by atoms with E-state index in [0.717, 1.165) is 45.0 Å². The van der Waals surface area contributed by atoms with E-state index in [9.17, 15) is 9.59 Å². The molecule has 7 nitrogen and oxygen atoms in total. The Hall–Kier alpha value is -2.12. The van der Waals surface area contributed by atoms with Gasteiger partial charge in [0.05, 0.1) is 13.7 Å². The highest BCUT2D eigenvalue weighted by atomic mass is 16.5. The summed E-state index contributed by atoms with van der Waals surface area (Å²) < 4.78 is 5.35. The molecule has 2 heterocycles. The van der Waals surface area contributed by atoms with Crippen LogP contribution in [0, 0.1) is 11.3 Å². The molecule has 1 aromatic rings. The minimum absolute atomic E-state index is 0.0158. The number of hydrogen-bond acceptors (Lipinski definition) is 5. The molecule has 0 bridgehead atoms. The Morgan fingerprint density at radius 3 is 2.75 bits per heavy atom. The van der Waals surface area contributed by atoms with Crippen LogP contribution in [0.2, 0.25) is 0 Å². The molecule has 154 valence electrons. The fourth-order valence-corrected chi connectivity index (χ4v) is 4.80. The molecule has 1 aromatic carbocycles. The Morgan fingerprint density at radius 1 is 1.29 bits per heavy atom. The fraction of sp³-hybridized carbons (Fsp3) is 0.619. The smallest absolute Gasteiger partial charge is 0.241 e. The van der Waals surface area contributed by atoms with Gasteiger partial charge in [-0.15, -0.1) is 0 Å². The first-order valence-electron chi connectivity index (χ1n) is 9.83. The van der Waals surface area contributed by atoms with Crippen LogP contribution in [0.25, 0.3) is 0 Å². The quantitative estimate of drug-likeness (QED) is 0.743. The first kappa shape index (κ1) is 20.6. The zero-order valence-corrected chi connectivity index (χ0v) is 17.4. The number of likely N-dealkylation sites (tertiary alicyclic amines) is 2. The monoisotopic (exact) mass is 388 g/mol. The van der Waals surface area contributed by atoms with Crippen molar-refractivity contribution in [2.75, 3.05) is 60.5 Å². The molecular formula is C21H32N4O3. The van der Waals surface area contributed by atoms with Crippen molar-refractivity contribution >= 4 is 11.8 Å². The number of rotatable bonds is 7. The molecule has 0 aromatic heterocycles. The molecule has 0 saturated carbocycles. The Morgan fingerprint density at radius 2 is 2.07 bits per heavy atom. The molecule has 2 amide bonds. The summed E-state index contributed by atoms with van der Waals surface area (Å²) >= 11 is 0. The number of methoxy groups -OCH3 is 1. The standard InChI is InChI=1S/C21H32N4O3/c1-16(26)22-9-20(27)25-12-18-11-24(14-21(18,15-25)13-23(2)3)10-17-6-5-7-19(8-17)28-4/h5-8,18H,9-15H2,1-4H3,(H,22,26)/t18-,21+/m0/s1. The van der Waals surface area contributed by atoms with Gasteiger partial charge in [0, 0.05) is 51.6 Å². The van der Waals surface area contributed by atoms with E-state index in [1.807, 2.05) is 17.0 Å². The third kappa shape index (κ3) is 4.64. The van der Waals surface area contributed by atoms with Gasteiger partial charge >= 0.3 is 0 Å². The first-order valence-corrected chi connectivity index (χ1v) is 9.83. The summed E-state index contributed by atoms with van der Waals surface area (Å²) in [5.74, 6) is 1.18. The molecule has 2 aliphatic heterocycles. The van der Waals surface area contributed by atoms with Crippen molar-refractivity contribution in [3.8, 4) is 5.75 Å². The van der Waals surface area contributed by atoms with Gasteiger partial charge in [0.1, 0.15) is 5.75 Å². The van der Waals surface area contributed by atoms with Gasteiger partial charge in [-0.05, 0) is 37.7 Å². The maximum absolute atomic E-state index is 12.5. The molecule has 2 aliphatic rings. The lowest BCUT2D eigenvalue weighted by molar-refractivity contribution is -0.132. The highest BCUT2D eigenvalue weighted by Crippen LogP contribution is 2.43. The van der Waals surface area contributed by atoms with Gasteiger partial charge in [-0.1, -0.05) is 12.1 Å². The van der Waals surface area contributed by atoms with Gasteiger partial charge in [-0.2, -0.15) is 0 Å². The predicted molar refractivity (Wildman–Crippen MR) is 108 cm³/mol. The summed E-state index contributed by atoms with van der Waals surface area (Å²) in [7, 11) is 5.88. The lowest BCUT2D eigenvalue weighted by Crippen LogP contribution is -2.44. The van der Waals surface area contributed by atoms with E-state index in [1.54, 1.807) is 7.11 Å². The number of hydrogen-bond donors (Lipinski definition) is 1. The van der Waals surface area contributed by atoms with Gasteiger partial charge in [-0.25, -0.2) is 0 Å². The molecule has 3 rings (SSSR count). The van der Waals surface area contributed by atoms with Crippen LogP contribution < -0.4 is 10.1 Å². The zero-order chi connectivity index (χ0) is 20.3. The van der Waals surface area contributed by atoms with E-state index in [1.165, 1.54) is 12.5 Å². The number of benzene rings is 1. The molecule has 2 atom stereocenters. The van der Waals surface area contributed by atoms with Crippen LogP contribution in [0.15, 0.2) is 24.3 Å². The second-order valence-electron chi connectivity index (χ2n) is 8.50. The van der Waals surface area contributed by atoms with Gasteiger partial charge in [0.25, 0.3) is 0 Å². The van der Waals surface area contributed by atoms with Crippen LogP contribution in [0.5, 0.6) is 5.75 Å². The van der Waals surface area contributed by atoms with Crippen LogP contribution >= 0.6 is 0 Å². The van der Waals surface area contributed by atoms with Crippen LogP contribution in [0.3, 0.4) is 0 Å².